The number of thiazole rings is 1. The molecule has 0 bridgehead atoms. The van der Waals surface area contributed by atoms with Gasteiger partial charge in [-0.3, -0.25) is 19.6 Å². The lowest BCUT2D eigenvalue weighted by atomic mass is 9.84. The molecule has 5 rings (SSSR count). The third-order valence-electron chi connectivity index (χ3n) is 7.89. The molecule has 0 radical (unpaired) electrons. The summed E-state index contributed by atoms with van der Waals surface area (Å²) in [7, 11) is -5.02. The number of amides is 2. The third-order valence-corrected chi connectivity index (χ3v) is 8.90. The van der Waals surface area contributed by atoms with Crippen LogP contribution in [-0.4, -0.2) is 99.9 Å². The summed E-state index contributed by atoms with van der Waals surface area (Å²) in [5.74, 6) is -2.78. The Labute approximate surface area is 266 Å². The van der Waals surface area contributed by atoms with Gasteiger partial charge in [0, 0.05) is 24.0 Å². The second-order valence-corrected chi connectivity index (χ2v) is 13.4. The zero-order valence-corrected chi connectivity index (χ0v) is 26.4. The zero-order valence-electron chi connectivity index (χ0n) is 24.8. The molecular weight excluding hydrogens is 648 g/mol. The van der Waals surface area contributed by atoms with E-state index in [-0.39, 0.29) is 29.1 Å². The summed E-state index contributed by atoms with van der Waals surface area (Å²) >= 11 is 0.963. The lowest BCUT2D eigenvalue weighted by Crippen LogP contribution is -2.76. The molecule has 2 fully saturated rings. The highest BCUT2D eigenvalue weighted by molar-refractivity contribution is 7.80. The van der Waals surface area contributed by atoms with E-state index in [1.165, 1.54) is 26.2 Å². The number of fused-ring (bicyclic) bond motifs is 1. The maximum atomic E-state index is 13.4. The number of nitrogens with one attached hydrogen (secondary N) is 4. The molecule has 2 saturated heterocycles. The fourth-order valence-corrected chi connectivity index (χ4v) is 6.01. The van der Waals surface area contributed by atoms with Crippen LogP contribution in [0, 0.1) is 5.41 Å². The minimum absolute atomic E-state index is 0.0588. The molecule has 3 atom stereocenters. The topological polar surface area (TPSA) is 268 Å². The minimum atomic E-state index is -5.02. The van der Waals surface area contributed by atoms with Crippen molar-refractivity contribution in [3.8, 4) is 5.75 Å². The smallest absolute Gasteiger partial charge is 0.418 e. The lowest BCUT2D eigenvalue weighted by Gasteiger charge is -2.50. The van der Waals surface area contributed by atoms with Crippen molar-refractivity contribution >= 4 is 56.2 Å². The largest absolute Gasteiger partial charge is 0.485 e. The van der Waals surface area contributed by atoms with Gasteiger partial charge < -0.3 is 36.4 Å². The van der Waals surface area contributed by atoms with Crippen molar-refractivity contribution in [3.63, 3.8) is 0 Å². The van der Waals surface area contributed by atoms with Crippen LogP contribution >= 0.6 is 11.3 Å². The summed E-state index contributed by atoms with van der Waals surface area (Å²) in [6, 6.07) is 4.00. The van der Waals surface area contributed by atoms with Crippen LogP contribution in [0.1, 0.15) is 44.0 Å². The molecule has 1 aromatic carbocycles. The Balaban J connectivity index is 1.35. The number of rotatable bonds is 11. The summed E-state index contributed by atoms with van der Waals surface area (Å²) in [6.07, 6.45) is -0.463. The number of hydrogen-bond acceptors (Lipinski definition) is 14. The van der Waals surface area contributed by atoms with Gasteiger partial charge in [0.1, 0.15) is 23.3 Å². The van der Waals surface area contributed by atoms with Crippen LogP contribution in [0.25, 0.3) is 0 Å². The molecule has 46 heavy (non-hydrogen) atoms. The normalized spacial score (nSPS) is 22.3. The van der Waals surface area contributed by atoms with Crippen molar-refractivity contribution in [1.29, 1.82) is 5.41 Å². The number of amidine groups is 1. The predicted molar refractivity (Wildman–Crippen MR) is 161 cm³/mol. The number of carbonyl (C=O) groups is 3. The van der Waals surface area contributed by atoms with E-state index in [1.54, 1.807) is 12.1 Å². The molecule has 3 aliphatic heterocycles. The van der Waals surface area contributed by atoms with E-state index in [1.807, 2.05) is 6.07 Å². The Morgan fingerprint density at radius 3 is 2.61 bits per heavy atom. The molecule has 0 spiro atoms. The summed E-state index contributed by atoms with van der Waals surface area (Å²) in [5.41, 5.74) is 3.03. The number of nitrogens with zero attached hydrogens (tertiary/aromatic N) is 3. The van der Waals surface area contributed by atoms with Crippen LogP contribution in [0.4, 0.5) is 5.13 Å². The number of oxime groups is 1. The van der Waals surface area contributed by atoms with Gasteiger partial charge in [0.05, 0.1) is 11.6 Å². The number of aliphatic carboxylic acids is 1. The highest BCUT2D eigenvalue weighted by Crippen LogP contribution is 2.35. The molecule has 8 N–H and O–H groups in total. The molecule has 18 nitrogen and oxygen atoms in total. The highest BCUT2D eigenvalue weighted by Gasteiger charge is 2.58. The molecular formula is C26H32N8O10S2. The van der Waals surface area contributed by atoms with E-state index in [0.29, 0.717) is 22.8 Å². The fourth-order valence-electron chi connectivity index (χ4n) is 5.01. The van der Waals surface area contributed by atoms with Crippen molar-refractivity contribution in [1.82, 2.24) is 26.0 Å². The maximum absolute atomic E-state index is 13.4. The molecule has 2 aromatic rings. The van der Waals surface area contributed by atoms with E-state index >= 15 is 0 Å². The third kappa shape index (κ3) is 6.47. The molecule has 2 amide bonds. The van der Waals surface area contributed by atoms with Crippen LogP contribution in [0.5, 0.6) is 5.75 Å². The minimum Gasteiger partial charge on any atom is -0.485 e. The van der Waals surface area contributed by atoms with Gasteiger partial charge in [-0.1, -0.05) is 5.16 Å². The van der Waals surface area contributed by atoms with Crippen LogP contribution in [0.3, 0.4) is 0 Å². The van der Waals surface area contributed by atoms with E-state index in [0.717, 1.165) is 30.0 Å². The van der Waals surface area contributed by atoms with Gasteiger partial charge in [0.2, 0.25) is 0 Å². The molecule has 4 heterocycles. The Bertz CT molecular complexity index is 1720. The Morgan fingerprint density at radius 1 is 1.33 bits per heavy atom. The van der Waals surface area contributed by atoms with E-state index in [9.17, 15) is 27.9 Å². The number of carbonyl (C=O) groups excluding carboxylic acids is 2. The first kappa shape index (κ1) is 33.0. The van der Waals surface area contributed by atoms with E-state index in [4.69, 9.17) is 25.3 Å². The number of hydrogen-bond donors (Lipinski definition) is 7. The monoisotopic (exact) mass is 680 g/mol. The first-order valence-electron chi connectivity index (χ1n) is 13.9. The van der Waals surface area contributed by atoms with Gasteiger partial charge in [0.15, 0.2) is 16.9 Å². The number of carboxylic acid groups (broad SMARTS) is 1. The molecule has 20 heteroatoms. The van der Waals surface area contributed by atoms with Crippen LogP contribution in [0.2, 0.25) is 0 Å². The Hall–Kier alpha value is -4.37. The van der Waals surface area contributed by atoms with Crippen LogP contribution < -0.4 is 26.4 Å². The van der Waals surface area contributed by atoms with Crippen molar-refractivity contribution < 1.29 is 46.3 Å². The first-order valence-corrected chi connectivity index (χ1v) is 16.1. The van der Waals surface area contributed by atoms with E-state index < -0.39 is 57.2 Å². The second kappa shape index (κ2) is 12.1. The molecule has 1 unspecified atom stereocenters. The molecule has 0 aliphatic carbocycles. The molecule has 0 saturated carbocycles. The van der Waals surface area contributed by atoms with Gasteiger partial charge in [-0.05, 0) is 57.4 Å². The SMILES string of the molecule is CC(O/N=C(\C(=O)N[C@@H]1C(=O)N(OS(=O)(=O)O)C1(C)C)c1csc(N)n1)(C(=O)O)[C@H]1CCc2cc(C(=N)NC3CNC3)ccc2O1. The Morgan fingerprint density at radius 2 is 2.04 bits per heavy atom. The average Bonchev–Trinajstić information content (AvgIpc) is 3.40. The van der Waals surface area contributed by atoms with Crippen LogP contribution in [0.15, 0.2) is 28.7 Å². The zero-order chi connectivity index (χ0) is 33.6. The van der Waals surface area contributed by atoms with Gasteiger partial charge >= 0.3 is 16.4 Å². The van der Waals surface area contributed by atoms with Gasteiger partial charge in [-0.25, -0.2) is 9.78 Å². The number of aryl methyl sites for hydroxylation is 1. The van der Waals surface area contributed by atoms with Crippen molar-refractivity contribution in [2.45, 2.75) is 62.9 Å². The summed E-state index contributed by atoms with van der Waals surface area (Å²) in [5, 5.41) is 32.9. The van der Waals surface area contributed by atoms with Crippen LogP contribution in [-0.2, 0) is 40.3 Å². The van der Waals surface area contributed by atoms with Crippen molar-refractivity contribution in [2.24, 2.45) is 5.16 Å². The van der Waals surface area contributed by atoms with Gasteiger partial charge in [-0.2, -0.15) is 13.5 Å². The number of β-lactam (4-membered cyclic amide) rings is 1. The summed E-state index contributed by atoms with van der Waals surface area (Å²) < 4.78 is 41.6. The number of nitrogens with two attached hydrogens (primary N) is 1. The second-order valence-electron chi connectivity index (χ2n) is 11.6. The predicted octanol–water partition coefficient (Wildman–Crippen LogP) is -0.590. The number of ether oxygens (including phenoxy) is 1. The standard InChI is InChI=1S/C26H32N8O10S2/c1-25(2)19(22(36)34(25)44-46(39,40)41)32-21(35)18(15-11-45-24(28)31-15)33-43-26(3,23(37)38)17-7-5-12-8-13(4-6-16(12)42-17)20(27)30-14-9-29-10-14/h4,6,8,11,14,17,19,29H,5,7,9-10H2,1-3H3,(H2,27,30)(H2,28,31)(H,32,35)(H,37,38)(H,39,40,41)/b33-18-/t17-,19-,26?/m1/s1. The molecule has 3 aliphatic rings. The number of aromatic nitrogens is 1. The summed E-state index contributed by atoms with van der Waals surface area (Å²) in [4.78, 5) is 48.1. The highest BCUT2D eigenvalue weighted by atomic mass is 32.3. The van der Waals surface area contributed by atoms with Crippen molar-refractivity contribution in [2.75, 3.05) is 18.8 Å². The molecule has 1 aromatic heterocycles. The molecule has 248 valence electrons. The number of hydroxylamine groups is 2. The lowest BCUT2D eigenvalue weighted by molar-refractivity contribution is -0.218. The number of anilines is 1. The number of benzene rings is 1. The average molecular weight is 681 g/mol. The number of nitrogen functional groups attached to an aromatic ring is 1. The summed E-state index contributed by atoms with van der Waals surface area (Å²) in [6.45, 7) is 5.52. The number of carboxylic acids is 1. The van der Waals surface area contributed by atoms with Crippen molar-refractivity contribution in [3.05, 3.63) is 40.4 Å². The quantitative estimate of drug-likeness (QED) is 0.0514. The fraction of sp³-hybridized carbons (Fsp3) is 0.462. The maximum Gasteiger partial charge on any atom is 0.418 e. The Kier molecular flexibility index (Phi) is 8.68. The van der Waals surface area contributed by atoms with E-state index in [2.05, 4.69) is 30.4 Å². The van der Waals surface area contributed by atoms with Gasteiger partial charge in [0.25, 0.3) is 17.4 Å². The first-order chi connectivity index (χ1) is 21.5. The van der Waals surface area contributed by atoms with Gasteiger partial charge in [-0.15, -0.1) is 15.6 Å².